The summed E-state index contributed by atoms with van der Waals surface area (Å²) in [4.78, 5) is 4.52. The highest BCUT2D eigenvalue weighted by molar-refractivity contribution is 7.93. The summed E-state index contributed by atoms with van der Waals surface area (Å²) in [7, 11) is -7.73. The van der Waals surface area contributed by atoms with Crippen LogP contribution in [0.1, 0.15) is 51.5 Å². The van der Waals surface area contributed by atoms with Gasteiger partial charge in [-0.1, -0.05) is 43.7 Å². The van der Waals surface area contributed by atoms with E-state index in [0.29, 0.717) is 24.1 Å². The summed E-state index contributed by atoms with van der Waals surface area (Å²) < 4.78 is 56.9. The molecule has 0 atom stereocenters. The lowest BCUT2D eigenvalue weighted by Crippen LogP contribution is -2.36. The normalized spacial score (nSPS) is 15.9. The second kappa shape index (κ2) is 9.32. The first-order chi connectivity index (χ1) is 15.6. The van der Waals surface area contributed by atoms with Crippen molar-refractivity contribution in [2.45, 2.75) is 55.7 Å². The molecule has 2 heterocycles. The first-order valence-corrected chi connectivity index (χ1v) is 14.9. The molecule has 4 rings (SSSR count). The van der Waals surface area contributed by atoms with Gasteiger partial charge in [0.15, 0.2) is 0 Å². The summed E-state index contributed by atoms with van der Waals surface area (Å²) in [5, 5.41) is 0.373. The standard InChI is InChI=1S/C23H29N3O4S3/c1-4-26(23-24-21-12-11-18(17(2)3)15-22(21)31-23)33(29,30)20-10-8-9-19(16-20)32(27,28)25-13-6-5-7-14-25/h8-12,15-17H,4-7,13-14H2,1-3H3. The van der Waals surface area contributed by atoms with Crippen LogP contribution in [0.25, 0.3) is 10.2 Å². The quantitative estimate of drug-likeness (QED) is 0.458. The van der Waals surface area contributed by atoms with E-state index in [4.69, 9.17) is 0 Å². The minimum atomic E-state index is -3.99. The summed E-state index contributed by atoms with van der Waals surface area (Å²) in [6, 6.07) is 11.6. The summed E-state index contributed by atoms with van der Waals surface area (Å²) in [6.07, 6.45) is 2.64. The molecule has 0 saturated carbocycles. The molecule has 1 aliphatic rings. The molecule has 10 heteroatoms. The van der Waals surface area contributed by atoms with E-state index in [1.165, 1.54) is 49.8 Å². The molecule has 2 aromatic carbocycles. The van der Waals surface area contributed by atoms with Crippen molar-refractivity contribution >= 4 is 46.7 Å². The smallest absolute Gasteiger partial charge is 0.241 e. The van der Waals surface area contributed by atoms with Crippen LogP contribution in [0.3, 0.4) is 0 Å². The van der Waals surface area contributed by atoms with Crippen LogP contribution >= 0.6 is 11.3 Å². The molecule has 1 aliphatic heterocycles. The van der Waals surface area contributed by atoms with Gasteiger partial charge in [0.05, 0.1) is 20.0 Å². The molecule has 178 valence electrons. The van der Waals surface area contributed by atoms with E-state index in [1.54, 1.807) is 6.92 Å². The Balaban J connectivity index is 1.71. The van der Waals surface area contributed by atoms with Crippen LogP contribution in [0.4, 0.5) is 5.13 Å². The Labute approximate surface area is 200 Å². The molecule has 7 nitrogen and oxygen atoms in total. The number of rotatable bonds is 7. The molecular formula is C23H29N3O4S3. The van der Waals surface area contributed by atoms with Crippen LogP contribution in [-0.2, 0) is 20.0 Å². The summed E-state index contributed by atoms with van der Waals surface area (Å²) >= 11 is 1.32. The second-order valence-corrected chi connectivity index (χ2v) is 13.3. The number of hydrogen-bond acceptors (Lipinski definition) is 6. The lowest BCUT2D eigenvalue weighted by Gasteiger charge is -2.26. The van der Waals surface area contributed by atoms with E-state index in [9.17, 15) is 16.8 Å². The lowest BCUT2D eigenvalue weighted by atomic mass is 10.0. The number of thiazole rings is 1. The topological polar surface area (TPSA) is 87.6 Å². The van der Waals surface area contributed by atoms with Crippen LogP contribution in [-0.4, -0.2) is 45.8 Å². The zero-order valence-electron chi connectivity index (χ0n) is 19.1. The predicted molar refractivity (Wildman–Crippen MR) is 133 cm³/mol. The number of sulfonamides is 2. The molecule has 0 unspecified atom stereocenters. The van der Waals surface area contributed by atoms with Gasteiger partial charge in [0.2, 0.25) is 15.2 Å². The number of piperidine rings is 1. The van der Waals surface area contributed by atoms with Crippen molar-refractivity contribution in [2.24, 2.45) is 0 Å². The highest BCUT2D eigenvalue weighted by atomic mass is 32.2. The van der Waals surface area contributed by atoms with Crippen molar-refractivity contribution in [1.29, 1.82) is 0 Å². The third kappa shape index (κ3) is 4.66. The van der Waals surface area contributed by atoms with E-state index in [1.807, 2.05) is 18.2 Å². The van der Waals surface area contributed by atoms with Crippen LogP contribution in [0, 0.1) is 0 Å². The van der Waals surface area contributed by atoms with Gasteiger partial charge in [0.1, 0.15) is 0 Å². The van der Waals surface area contributed by atoms with Gasteiger partial charge >= 0.3 is 0 Å². The minimum absolute atomic E-state index is 0.00685. The van der Waals surface area contributed by atoms with E-state index < -0.39 is 20.0 Å². The van der Waals surface area contributed by atoms with Gasteiger partial charge < -0.3 is 0 Å². The van der Waals surface area contributed by atoms with E-state index in [-0.39, 0.29) is 16.3 Å². The Bertz CT molecular complexity index is 1360. The summed E-state index contributed by atoms with van der Waals surface area (Å²) in [5.74, 6) is 0.357. The number of fused-ring (bicyclic) bond motifs is 1. The molecule has 0 aliphatic carbocycles. The summed E-state index contributed by atoms with van der Waals surface area (Å²) in [6.45, 7) is 7.07. The highest BCUT2D eigenvalue weighted by Gasteiger charge is 2.30. The molecule has 0 N–H and O–H groups in total. The number of hydrogen-bond donors (Lipinski definition) is 0. The molecular weight excluding hydrogens is 478 g/mol. The SMILES string of the molecule is CCN(c1nc2ccc(C(C)C)cc2s1)S(=O)(=O)c1cccc(S(=O)(=O)N2CCCCC2)c1. The summed E-state index contributed by atoms with van der Waals surface area (Å²) in [5.41, 5.74) is 1.91. The van der Waals surface area contributed by atoms with Gasteiger partial charge in [-0.05, 0) is 61.6 Å². The van der Waals surface area contributed by atoms with Gasteiger partial charge in [-0.3, -0.25) is 0 Å². The first kappa shape index (κ1) is 24.1. The molecule has 33 heavy (non-hydrogen) atoms. The molecule has 0 spiro atoms. The van der Waals surface area contributed by atoms with Gasteiger partial charge in [-0.2, -0.15) is 4.31 Å². The van der Waals surface area contributed by atoms with Crippen molar-refractivity contribution in [1.82, 2.24) is 9.29 Å². The minimum Gasteiger partial charge on any atom is -0.241 e. The Kier molecular flexibility index (Phi) is 6.82. The molecule has 0 radical (unpaired) electrons. The Morgan fingerprint density at radius 3 is 2.36 bits per heavy atom. The average molecular weight is 508 g/mol. The van der Waals surface area contributed by atoms with Crippen LogP contribution < -0.4 is 4.31 Å². The molecule has 0 amide bonds. The molecule has 0 bridgehead atoms. The Hall–Kier alpha value is -2.01. The van der Waals surface area contributed by atoms with Gasteiger partial charge in [0, 0.05) is 19.6 Å². The highest BCUT2D eigenvalue weighted by Crippen LogP contribution is 2.34. The lowest BCUT2D eigenvalue weighted by molar-refractivity contribution is 0.346. The fraction of sp³-hybridized carbons (Fsp3) is 0.435. The Morgan fingerprint density at radius 1 is 1.00 bits per heavy atom. The zero-order chi connectivity index (χ0) is 23.8. The third-order valence-electron chi connectivity index (χ3n) is 5.91. The maximum absolute atomic E-state index is 13.6. The van der Waals surface area contributed by atoms with Crippen molar-refractivity contribution < 1.29 is 16.8 Å². The average Bonchev–Trinajstić information content (AvgIpc) is 3.22. The fourth-order valence-electron chi connectivity index (χ4n) is 3.98. The van der Waals surface area contributed by atoms with Gasteiger partial charge in [-0.25, -0.2) is 26.1 Å². The number of nitrogens with zero attached hydrogens (tertiary/aromatic N) is 3. The van der Waals surface area contributed by atoms with Crippen molar-refractivity contribution in [2.75, 3.05) is 23.9 Å². The van der Waals surface area contributed by atoms with Crippen LogP contribution in [0.2, 0.25) is 0 Å². The Morgan fingerprint density at radius 2 is 1.70 bits per heavy atom. The third-order valence-corrected chi connectivity index (χ3v) is 10.8. The number of anilines is 1. The second-order valence-electron chi connectivity index (χ2n) is 8.49. The maximum Gasteiger partial charge on any atom is 0.266 e. The predicted octanol–water partition coefficient (Wildman–Crippen LogP) is 4.81. The van der Waals surface area contributed by atoms with Crippen LogP contribution in [0.15, 0.2) is 52.3 Å². The van der Waals surface area contributed by atoms with E-state index >= 15 is 0 Å². The molecule has 1 aromatic heterocycles. The van der Waals surface area contributed by atoms with E-state index in [0.717, 1.165) is 29.5 Å². The largest absolute Gasteiger partial charge is 0.266 e. The fourth-order valence-corrected chi connectivity index (χ4v) is 8.38. The van der Waals surface area contributed by atoms with Crippen molar-refractivity contribution in [3.8, 4) is 0 Å². The van der Waals surface area contributed by atoms with Crippen molar-refractivity contribution in [3.05, 3.63) is 48.0 Å². The van der Waals surface area contributed by atoms with Crippen molar-refractivity contribution in [3.63, 3.8) is 0 Å². The van der Waals surface area contributed by atoms with Gasteiger partial charge in [0.25, 0.3) is 10.0 Å². The first-order valence-electron chi connectivity index (χ1n) is 11.2. The molecule has 3 aromatic rings. The molecule has 1 saturated heterocycles. The zero-order valence-corrected chi connectivity index (χ0v) is 21.5. The van der Waals surface area contributed by atoms with Crippen LogP contribution in [0.5, 0.6) is 0 Å². The maximum atomic E-state index is 13.6. The van der Waals surface area contributed by atoms with E-state index in [2.05, 4.69) is 18.8 Å². The monoisotopic (exact) mass is 507 g/mol. The number of benzene rings is 2. The number of aromatic nitrogens is 1. The molecule has 1 fully saturated rings. The van der Waals surface area contributed by atoms with Gasteiger partial charge in [-0.15, -0.1) is 0 Å².